The fourth-order valence-electron chi connectivity index (χ4n) is 3.21. The third-order valence-corrected chi connectivity index (χ3v) is 5.11. The van der Waals surface area contributed by atoms with Gasteiger partial charge in [-0.25, -0.2) is 4.79 Å². The van der Waals surface area contributed by atoms with E-state index >= 15 is 0 Å². The monoisotopic (exact) mass is 464 g/mol. The normalized spacial score (nSPS) is 10.8. The number of pyridine rings is 1. The summed E-state index contributed by atoms with van der Waals surface area (Å²) in [6.07, 6.45) is 4.36. The Balaban J connectivity index is 1.28. The van der Waals surface area contributed by atoms with Crippen LogP contribution in [-0.4, -0.2) is 40.0 Å². The SMILES string of the molecule is COc1cc(C(=O)OCCCc2nc(-c3cccnc3)no2)ccc1OCc1c(C)noc1C. The standard InChI is InChI=1S/C24H24N4O6/c1-15-19(16(2)33-27-15)14-32-20-9-8-17(12-21(20)30-3)24(29)31-11-5-7-22-26-23(28-34-22)18-6-4-10-25-13-18/h4,6,8-10,12-13H,5,7,11,14H2,1-3H3. The highest BCUT2D eigenvalue weighted by Crippen LogP contribution is 2.30. The van der Waals surface area contributed by atoms with Crippen LogP contribution in [0.5, 0.6) is 11.5 Å². The summed E-state index contributed by atoms with van der Waals surface area (Å²) in [5, 5.41) is 7.86. The lowest BCUT2D eigenvalue weighted by molar-refractivity contribution is 0.0498. The molecule has 0 N–H and O–H groups in total. The van der Waals surface area contributed by atoms with Crippen molar-refractivity contribution in [1.29, 1.82) is 0 Å². The van der Waals surface area contributed by atoms with Gasteiger partial charge < -0.3 is 23.3 Å². The van der Waals surface area contributed by atoms with Crippen molar-refractivity contribution in [3.05, 3.63) is 71.2 Å². The fourth-order valence-corrected chi connectivity index (χ4v) is 3.21. The topological polar surface area (TPSA) is 123 Å². The molecule has 4 rings (SSSR count). The first-order chi connectivity index (χ1) is 16.5. The second-order valence-corrected chi connectivity index (χ2v) is 7.45. The van der Waals surface area contributed by atoms with E-state index in [0.29, 0.717) is 47.4 Å². The van der Waals surface area contributed by atoms with Crippen LogP contribution in [0.1, 0.15) is 39.7 Å². The number of carbonyl (C=O) groups is 1. The fraction of sp³-hybridized carbons (Fsp3) is 0.292. The van der Waals surface area contributed by atoms with E-state index in [1.165, 1.54) is 7.11 Å². The number of hydrogen-bond acceptors (Lipinski definition) is 10. The molecule has 4 aromatic rings. The molecule has 1 aromatic carbocycles. The van der Waals surface area contributed by atoms with Gasteiger partial charge >= 0.3 is 5.97 Å². The van der Waals surface area contributed by atoms with Crippen LogP contribution in [0, 0.1) is 13.8 Å². The highest BCUT2D eigenvalue weighted by atomic mass is 16.5. The van der Waals surface area contributed by atoms with E-state index in [-0.39, 0.29) is 13.2 Å². The smallest absolute Gasteiger partial charge is 0.338 e. The summed E-state index contributed by atoms with van der Waals surface area (Å²) in [7, 11) is 1.51. The minimum absolute atomic E-state index is 0.204. The number of hydrogen-bond donors (Lipinski definition) is 0. The lowest BCUT2D eigenvalue weighted by atomic mass is 10.2. The molecule has 0 bridgehead atoms. The van der Waals surface area contributed by atoms with Crippen molar-refractivity contribution in [3.8, 4) is 22.9 Å². The average molecular weight is 464 g/mol. The van der Waals surface area contributed by atoms with Crippen LogP contribution >= 0.6 is 0 Å². The number of aryl methyl sites for hydroxylation is 3. The van der Waals surface area contributed by atoms with Crippen LogP contribution in [0.3, 0.4) is 0 Å². The van der Waals surface area contributed by atoms with Crippen LogP contribution in [0.4, 0.5) is 0 Å². The summed E-state index contributed by atoms with van der Waals surface area (Å²) < 4.78 is 27.0. The molecule has 0 fully saturated rings. The third-order valence-electron chi connectivity index (χ3n) is 5.11. The number of aromatic nitrogens is 4. The maximum absolute atomic E-state index is 12.5. The molecule has 10 nitrogen and oxygen atoms in total. The molecule has 34 heavy (non-hydrogen) atoms. The van der Waals surface area contributed by atoms with E-state index < -0.39 is 5.97 Å². The van der Waals surface area contributed by atoms with Crippen molar-refractivity contribution in [2.24, 2.45) is 0 Å². The lowest BCUT2D eigenvalue weighted by Gasteiger charge is -2.12. The van der Waals surface area contributed by atoms with Gasteiger partial charge in [-0.15, -0.1) is 0 Å². The summed E-state index contributed by atoms with van der Waals surface area (Å²) in [5.41, 5.74) is 2.78. The first kappa shape index (κ1) is 23.0. The predicted molar refractivity (Wildman–Crippen MR) is 119 cm³/mol. The van der Waals surface area contributed by atoms with Crippen molar-refractivity contribution in [2.75, 3.05) is 13.7 Å². The zero-order valence-corrected chi connectivity index (χ0v) is 19.1. The molecule has 0 saturated carbocycles. The molecule has 0 aliphatic rings. The maximum Gasteiger partial charge on any atom is 0.338 e. The molecule has 0 amide bonds. The number of carbonyl (C=O) groups excluding carboxylic acids is 1. The summed E-state index contributed by atoms with van der Waals surface area (Å²) in [6.45, 7) is 4.16. The molecule has 176 valence electrons. The minimum Gasteiger partial charge on any atom is -0.493 e. The molecule has 0 aliphatic heterocycles. The Morgan fingerprint density at radius 1 is 1.09 bits per heavy atom. The molecule has 0 spiro atoms. The van der Waals surface area contributed by atoms with Gasteiger partial charge in [-0.1, -0.05) is 10.3 Å². The number of methoxy groups -OCH3 is 1. The van der Waals surface area contributed by atoms with Gasteiger partial charge in [0.05, 0.1) is 30.5 Å². The van der Waals surface area contributed by atoms with E-state index in [1.807, 2.05) is 19.9 Å². The van der Waals surface area contributed by atoms with Gasteiger partial charge in [0, 0.05) is 24.4 Å². The van der Waals surface area contributed by atoms with Gasteiger partial charge in [-0.2, -0.15) is 4.98 Å². The van der Waals surface area contributed by atoms with Crippen LogP contribution in [0.15, 0.2) is 51.8 Å². The molecule has 0 atom stereocenters. The zero-order valence-electron chi connectivity index (χ0n) is 19.1. The minimum atomic E-state index is -0.461. The van der Waals surface area contributed by atoms with Crippen LogP contribution in [-0.2, 0) is 17.8 Å². The van der Waals surface area contributed by atoms with E-state index in [1.54, 1.807) is 36.7 Å². The van der Waals surface area contributed by atoms with E-state index in [9.17, 15) is 4.79 Å². The molecular formula is C24H24N4O6. The molecular weight excluding hydrogens is 440 g/mol. The number of nitrogens with zero attached hydrogens (tertiary/aromatic N) is 4. The van der Waals surface area contributed by atoms with Crippen LogP contribution in [0.2, 0.25) is 0 Å². The molecule has 0 aliphatic carbocycles. The summed E-state index contributed by atoms with van der Waals surface area (Å²) in [5.74, 6) is 2.11. The molecule has 0 radical (unpaired) electrons. The summed E-state index contributed by atoms with van der Waals surface area (Å²) >= 11 is 0. The zero-order chi connectivity index (χ0) is 23.9. The third kappa shape index (κ3) is 5.40. The van der Waals surface area contributed by atoms with Crippen molar-refractivity contribution in [3.63, 3.8) is 0 Å². The lowest BCUT2D eigenvalue weighted by Crippen LogP contribution is -2.08. The quantitative estimate of drug-likeness (QED) is 0.250. The predicted octanol–water partition coefficient (Wildman–Crippen LogP) is 4.11. The van der Waals surface area contributed by atoms with Gasteiger partial charge in [-0.05, 0) is 50.6 Å². The molecule has 10 heteroatoms. The molecule has 0 unspecified atom stereocenters. The van der Waals surface area contributed by atoms with E-state index in [0.717, 1.165) is 16.8 Å². The number of esters is 1. The Hall–Kier alpha value is -4.21. The van der Waals surface area contributed by atoms with Crippen molar-refractivity contribution >= 4 is 5.97 Å². The number of ether oxygens (including phenoxy) is 3. The van der Waals surface area contributed by atoms with Crippen molar-refractivity contribution in [1.82, 2.24) is 20.3 Å². The van der Waals surface area contributed by atoms with Gasteiger partial charge in [0.2, 0.25) is 11.7 Å². The summed E-state index contributed by atoms with van der Waals surface area (Å²) in [6, 6.07) is 8.54. The largest absolute Gasteiger partial charge is 0.493 e. The van der Waals surface area contributed by atoms with Crippen molar-refractivity contribution < 1.29 is 28.1 Å². The summed E-state index contributed by atoms with van der Waals surface area (Å²) in [4.78, 5) is 20.8. The van der Waals surface area contributed by atoms with Gasteiger partial charge in [-0.3, -0.25) is 4.98 Å². The van der Waals surface area contributed by atoms with Gasteiger partial charge in [0.25, 0.3) is 0 Å². The van der Waals surface area contributed by atoms with E-state index in [4.69, 9.17) is 23.3 Å². The number of benzene rings is 1. The Morgan fingerprint density at radius 2 is 1.97 bits per heavy atom. The highest BCUT2D eigenvalue weighted by Gasteiger charge is 2.15. The second-order valence-electron chi connectivity index (χ2n) is 7.45. The Labute approximate surface area is 195 Å². The van der Waals surface area contributed by atoms with E-state index in [2.05, 4.69) is 20.3 Å². The maximum atomic E-state index is 12.5. The number of rotatable bonds is 10. The Morgan fingerprint density at radius 3 is 2.71 bits per heavy atom. The first-order valence-corrected chi connectivity index (χ1v) is 10.7. The Kier molecular flexibility index (Phi) is 7.16. The molecule has 3 aromatic heterocycles. The van der Waals surface area contributed by atoms with Crippen molar-refractivity contribution in [2.45, 2.75) is 33.3 Å². The second kappa shape index (κ2) is 10.6. The molecule has 0 saturated heterocycles. The van der Waals surface area contributed by atoms with Crippen LogP contribution in [0.25, 0.3) is 11.4 Å². The highest BCUT2D eigenvalue weighted by molar-refractivity contribution is 5.90. The van der Waals surface area contributed by atoms with Gasteiger partial charge in [0.1, 0.15) is 12.4 Å². The Bertz CT molecular complexity index is 1230. The van der Waals surface area contributed by atoms with Gasteiger partial charge in [0.15, 0.2) is 11.5 Å². The first-order valence-electron chi connectivity index (χ1n) is 10.7. The van der Waals surface area contributed by atoms with Crippen LogP contribution < -0.4 is 9.47 Å². The average Bonchev–Trinajstić information content (AvgIpc) is 3.47. The molecule has 3 heterocycles.